The van der Waals surface area contributed by atoms with Crippen molar-refractivity contribution in [2.24, 2.45) is 0 Å². The number of ether oxygens (including phenoxy) is 2. The van der Waals surface area contributed by atoms with Crippen LogP contribution in [-0.2, 0) is 16.2 Å². The van der Waals surface area contributed by atoms with E-state index >= 15 is 0 Å². The SMILES string of the molecule is CCOCn1ccnc1-c1cc2c(C)nc(N)nc2n(C2CCCOC2)c1=O. The molecule has 28 heavy (non-hydrogen) atoms. The first-order valence-electron chi connectivity index (χ1n) is 9.46. The fraction of sp³-hybridized carbons (Fsp3) is 0.474. The number of aryl methyl sites for hydroxylation is 1. The summed E-state index contributed by atoms with van der Waals surface area (Å²) >= 11 is 0. The summed E-state index contributed by atoms with van der Waals surface area (Å²) in [7, 11) is 0. The number of hydrogen-bond donors (Lipinski definition) is 1. The van der Waals surface area contributed by atoms with Gasteiger partial charge in [-0.15, -0.1) is 0 Å². The van der Waals surface area contributed by atoms with E-state index in [2.05, 4.69) is 15.0 Å². The Morgan fingerprint density at radius 1 is 1.39 bits per heavy atom. The Kier molecular flexibility index (Phi) is 5.10. The van der Waals surface area contributed by atoms with Gasteiger partial charge in [0.25, 0.3) is 5.56 Å². The molecule has 0 radical (unpaired) electrons. The molecule has 3 aromatic rings. The first-order chi connectivity index (χ1) is 13.6. The second kappa shape index (κ2) is 7.69. The number of pyridine rings is 1. The van der Waals surface area contributed by atoms with Crippen LogP contribution in [0.2, 0.25) is 0 Å². The van der Waals surface area contributed by atoms with Crippen molar-refractivity contribution in [1.82, 2.24) is 24.1 Å². The average molecular weight is 384 g/mol. The van der Waals surface area contributed by atoms with Crippen LogP contribution < -0.4 is 11.3 Å². The molecule has 3 aromatic heterocycles. The van der Waals surface area contributed by atoms with Crippen LogP contribution in [0.5, 0.6) is 0 Å². The minimum Gasteiger partial charge on any atom is -0.379 e. The van der Waals surface area contributed by atoms with Gasteiger partial charge in [-0.1, -0.05) is 0 Å². The lowest BCUT2D eigenvalue weighted by molar-refractivity contribution is 0.0593. The van der Waals surface area contributed by atoms with Gasteiger partial charge in [-0.3, -0.25) is 9.36 Å². The third-order valence-electron chi connectivity index (χ3n) is 4.99. The average Bonchev–Trinajstić information content (AvgIpc) is 3.15. The van der Waals surface area contributed by atoms with E-state index in [0.717, 1.165) is 23.9 Å². The van der Waals surface area contributed by atoms with Gasteiger partial charge < -0.3 is 19.8 Å². The number of imidazole rings is 1. The van der Waals surface area contributed by atoms with Crippen LogP contribution in [0.3, 0.4) is 0 Å². The van der Waals surface area contributed by atoms with Crippen LogP contribution >= 0.6 is 0 Å². The van der Waals surface area contributed by atoms with Crippen molar-refractivity contribution in [3.8, 4) is 11.4 Å². The molecule has 2 N–H and O–H groups in total. The number of fused-ring (bicyclic) bond motifs is 1. The molecule has 1 unspecified atom stereocenters. The summed E-state index contributed by atoms with van der Waals surface area (Å²) in [6, 6.07) is 1.70. The van der Waals surface area contributed by atoms with Crippen LogP contribution in [0.25, 0.3) is 22.4 Å². The van der Waals surface area contributed by atoms with E-state index in [1.807, 2.05) is 18.4 Å². The second-order valence-electron chi connectivity index (χ2n) is 6.85. The van der Waals surface area contributed by atoms with E-state index in [1.54, 1.807) is 23.0 Å². The van der Waals surface area contributed by atoms with Gasteiger partial charge in [0.15, 0.2) is 0 Å². The molecule has 0 aliphatic carbocycles. The largest absolute Gasteiger partial charge is 0.379 e. The van der Waals surface area contributed by atoms with Crippen molar-refractivity contribution >= 4 is 17.0 Å². The first kappa shape index (κ1) is 18.6. The minimum absolute atomic E-state index is 0.104. The Labute approximate surface area is 162 Å². The Bertz CT molecular complexity index is 1050. The van der Waals surface area contributed by atoms with Crippen molar-refractivity contribution in [2.75, 3.05) is 25.6 Å². The van der Waals surface area contributed by atoms with E-state index < -0.39 is 0 Å². The van der Waals surface area contributed by atoms with Gasteiger partial charge in [0.1, 0.15) is 18.2 Å². The molecule has 4 rings (SSSR count). The Morgan fingerprint density at radius 2 is 2.25 bits per heavy atom. The molecule has 1 aliphatic heterocycles. The van der Waals surface area contributed by atoms with E-state index in [-0.39, 0.29) is 17.5 Å². The lowest BCUT2D eigenvalue weighted by Gasteiger charge is -2.26. The highest BCUT2D eigenvalue weighted by Crippen LogP contribution is 2.27. The summed E-state index contributed by atoms with van der Waals surface area (Å²) in [6.45, 7) is 5.86. The number of nitrogens with two attached hydrogens (primary N) is 1. The Balaban J connectivity index is 1.97. The zero-order valence-corrected chi connectivity index (χ0v) is 16.1. The Hall–Kier alpha value is -2.78. The molecular weight excluding hydrogens is 360 g/mol. The quantitative estimate of drug-likeness (QED) is 0.715. The maximum absolute atomic E-state index is 13.5. The molecule has 1 atom stereocenters. The van der Waals surface area contributed by atoms with E-state index in [4.69, 9.17) is 15.2 Å². The molecule has 1 aliphatic rings. The fourth-order valence-electron chi connectivity index (χ4n) is 3.65. The number of nitrogens with zero attached hydrogens (tertiary/aromatic N) is 5. The van der Waals surface area contributed by atoms with Gasteiger partial charge in [-0.2, -0.15) is 4.98 Å². The topological polar surface area (TPSA) is 110 Å². The van der Waals surface area contributed by atoms with Crippen LogP contribution in [0, 0.1) is 6.92 Å². The molecule has 0 amide bonds. The second-order valence-corrected chi connectivity index (χ2v) is 6.85. The standard InChI is InChI=1S/C19H24N6O3/c1-3-27-11-24-7-6-21-16(24)15-9-14-12(2)22-19(20)23-17(14)25(18(15)26)13-5-4-8-28-10-13/h6-7,9,13H,3-5,8,10-11H2,1-2H3,(H2,20,22,23). The summed E-state index contributed by atoms with van der Waals surface area (Å²) in [5, 5.41) is 0.778. The van der Waals surface area contributed by atoms with Crippen molar-refractivity contribution in [3.05, 3.63) is 34.5 Å². The highest BCUT2D eigenvalue weighted by molar-refractivity contribution is 5.83. The minimum atomic E-state index is -0.163. The van der Waals surface area contributed by atoms with E-state index in [1.165, 1.54) is 0 Å². The summed E-state index contributed by atoms with van der Waals surface area (Å²) in [6.07, 6.45) is 5.20. The molecule has 1 saturated heterocycles. The van der Waals surface area contributed by atoms with Crippen molar-refractivity contribution in [3.63, 3.8) is 0 Å². The third kappa shape index (κ3) is 3.27. The first-order valence-corrected chi connectivity index (χ1v) is 9.46. The zero-order valence-electron chi connectivity index (χ0n) is 16.1. The normalized spacial score (nSPS) is 17.3. The molecule has 0 bridgehead atoms. The summed E-state index contributed by atoms with van der Waals surface area (Å²) in [4.78, 5) is 26.6. The maximum atomic E-state index is 13.5. The van der Waals surface area contributed by atoms with Gasteiger partial charge in [-0.05, 0) is 32.8 Å². The van der Waals surface area contributed by atoms with Crippen molar-refractivity contribution in [1.29, 1.82) is 0 Å². The van der Waals surface area contributed by atoms with E-state index in [0.29, 0.717) is 43.6 Å². The molecule has 148 valence electrons. The highest BCUT2D eigenvalue weighted by Gasteiger charge is 2.24. The van der Waals surface area contributed by atoms with Crippen LogP contribution in [0.15, 0.2) is 23.3 Å². The molecular formula is C19H24N6O3. The number of aromatic nitrogens is 5. The number of nitrogen functional groups attached to an aromatic ring is 1. The molecule has 0 aromatic carbocycles. The summed E-state index contributed by atoms with van der Waals surface area (Å²) in [5.41, 5.74) is 7.46. The molecule has 0 saturated carbocycles. The molecule has 9 heteroatoms. The number of hydrogen-bond acceptors (Lipinski definition) is 7. The maximum Gasteiger partial charge on any atom is 0.263 e. The van der Waals surface area contributed by atoms with Gasteiger partial charge >= 0.3 is 0 Å². The monoisotopic (exact) mass is 384 g/mol. The number of rotatable bonds is 5. The lowest BCUT2D eigenvalue weighted by Crippen LogP contribution is -2.32. The van der Waals surface area contributed by atoms with E-state index in [9.17, 15) is 4.79 Å². The fourth-order valence-corrected chi connectivity index (χ4v) is 3.65. The molecule has 4 heterocycles. The summed E-state index contributed by atoms with van der Waals surface area (Å²) < 4.78 is 14.7. The number of anilines is 1. The van der Waals surface area contributed by atoms with Crippen molar-refractivity contribution in [2.45, 2.75) is 39.5 Å². The van der Waals surface area contributed by atoms with Crippen LogP contribution in [0.1, 0.15) is 31.5 Å². The predicted molar refractivity (Wildman–Crippen MR) is 105 cm³/mol. The molecule has 0 spiro atoms. The third-order valence-corrected chi connectivity index (χ3v) is 4.99. The van der Waals surface area contributed by atoms with Gasteiger partial charge in [0.05, 0.1) is 23.9 Å². The van der Waals surface area contributed by atoms with Gasteiger partial charge in [-0.25, -0.2) is 9.97 Å². The zero-order chi connectivity index (χ0) is 19.7. The summed E-state index contributed by atoms with van der Waals surface area (Å²) in [5.74, 6) is 0.711. The van der Waals surface area contributed by atoms with Gasteiger partial charge in [0.2, 0.25) is 5.95 Å². The van der Waals surface area contributed by atoms with Crippen LogP contribution in [0.4, 0.5) is 5.95 Å². The Morgan fingerprint density at radius 3 is 3.00 bits per heavy atom. The highest BCUT2D eigenvalue weighted by atomic mass is 16.5. The van der Waals surface area contributed by atoms with Crippen molar-refractivity contribution < 1.29 is 9.47 Å². The van der Waals surface area contributed by atoms with Crippen LogP contribution in [-0.4, -0.2) is 43.9 Å². The molecule has 9 nitrogen and oxygen atoms in total. The smallest absolute Gasteiger partial charge is 0.263 e. The lowest BCUT2D eigenvalue weighted by atomic mass is 10.1. The van der Waals surface area contributed by atoms with Gasteiger partial charge in [0, 0.05) is 31.0 Å². The molecule has 1 fully saturated rings. The predicted octanol–water partition coefficient (Wildman–Crippen LogP) is 1.89.